The largest absolute Gasteiger partial charge is 0.466 e. The number of aliphatic hydroxyl groups is 5. The lowest BCUT2D eigenvalue weighted by Crippen LogP contribution is -2.60. The molecule has 74 heavy (non-hydrogen) atoms. The fraction of sp³-hybridized carbons (Fsp3) is 0.778. The number of carbonyl (C=O) groups excluding carboxylic acids is 2. The first kappa shape index (κ1) is 69.1. The molecule has 1 aliphatic rings. The molecule has 1 saturated heterocycles. The van der Waals surface area contributed by atoms with Crippen LogP contribution < -0.4 is 5.32 Å². The van der Waals surface area contributed by atoms with E-state index >= 15 is 0 Å². The van der Waals surface area contributed by atoms with Crippen LogP contribution in [0.2, 0.25) is 0 Å². The van der Waals surface area contributed by atoms with Gasteiger partial charge in [0.2, 0.25) is 5.91 Å². The molecular weight excluding hydrogens is 931 g/mol. The molecule has 1 aliphatic heterocycles. The number of esters is 1. The SMILES string of the molecule is CCC/C=C\C/C=C\CCCCCCCC(=O)OCCCCCCCCCCC/C=C\C/C=C\CCCCCCCCCC(=O)NC(COC1OC(CO)C(O)C(O)C1O)C(O)/C=C/CC/C=C/CCCCCC. The Morgan fingerprint density at radius 1 is 0.500 bits per heavy atom. The molecular formula is C63H111NO10. The minimum Gasteiger partial charge on any atom is -0.466 e. The highest BCUT2D eigenvalue weighted by molar-refractivity contribution is 5.76. The van der Waals surface area contributed by atoms with Gasteiger partial charge in [0.1, 0.15) is 24.4 Å². The van der Waals surface area contributed by atoms with Crippen LogP contribution in [0.4, 0.5) is 0 Å². The van der Waals surface area contributed by atoms with Gasteiger partial charge in [0.25, 0.3) is 0 Å². The number of carbonyl (C=O) groups is 2. The van der Waals surface area contributed by atoms with Crippen LogP contribution in [0.3, 0.4) is 0 Å². The quantitative estimate of drug-likeness (QED) is 0.0195. The maximum atomic E-state index is 13.0. The summed E-state index contributed by atoms with van der Waals surface area (Å²) in [7, 11) is 0. The number of ether oxygens (including phenoxy) is 3. The zero-order chi connectivity index (χ0) is 53.8. The van der Waals surface area contributed by atoms with E-state index < -0.39 is 49.5 Å². The summed E-state index contributed by atoms with van der Waals surface area (Å²) in [6, 6.07) is -0.836. The third kappa shape index (κ3) is 41.3. The highest BCUT2D eigenvalue weighted by atomic mass is 16.7. The van der Waals surface area contributed by atoms with Crippen molar-refractivity contribution < 1.29 is 49.3 Å². The maximum Gasteiger partial charge on any atom is 0.305 e. The first-order valence-corrected chi connectivity index (χ1v) is 30.2. The Balaban J connectivity index is 2.05. The van der Waals surface area contributed by atoms with Crippen molar-refractivity contribution in [2.45, 2.75) is 294 Å². The van der Waals surface area contributed by atoms with Crippen LogP contribution in [0.25, 0.3) is 0 Å². The van der Waals surface area contributed by atoms with Crippen LogP contribution in [0, 0.1) is 0 Å². The average Bonchev–Trinajstić information content (AvgIpc) is 3.40. The summed E-state index contributed by atoms with van der Waals surface area (Å²) in [5.41, 5.74) is 0. The van der Waals surface area contributed by atoms with Crippen LogP contribution in [-0.2, 0) is 23.8 Å². The molecule has 1 heterocycles. The number of aliphatic hydroxyl groups excluding tert-OH is 5. The molecule has 0 aromatic rings. The zero-order valence-corrected chi connectivity index (χ0v) is 47.0. The molecule has 1 amide bonds. The highest BCUT2D eigenvalue weighted by Crippen LogP contribution is 2.23. The maximum absolute atomic E-state index is 13.0. The Kier molecular flexibility index (Phi) is 48.7. The molecule has 0 spiro atoms. The van der Waals surface area contributed by atoms with Gasteiger partial charge in [0, 0.05) is 12.8 Å². The molecule has 0 aromatic heterocycles. The van der Waals surface area contributed by atoms with E-state index in [-0.39, 0.29) is 18.5 Å². The van der Waals surface area contributed by atoms with E-state index in [0.717, 1.165) is 103 Å². The molecule has 11 heteroatoms. The first-order valence-electron chi connectivity index (χ1n) is 30.2. The third-order valence-corrected chi connectivity index (χ3v) is 13.7. The van der Waals surface area contributed by atoms with Crippen molar-refractivity contribution in [3.63, 3.8) is 0 Å². The Labute approximate surface area is 451 Å². The van der Waals surface area contributed by atoms with Crippen molar-refractivity contribution in [1.82, 2.24) is 5.32 Å². The summed E-state index contributed by atoms with van der Waals surface area (Å²) in [5, 5.41) is 54.2. The average molecular weight is 1040 g/mol. The van der Waals surface area contributed by atoms with E-state index in [1.807, 2.05) is 6.08 Å². The minimum atomic E-state index is -1.58. The standard InChI is InChI=1S/C63H111NO10/c1-3-5-7-9-11-13-15-27-31-35-39-43-47-51-59(68)72-52-48-44-40-36-32-29-26-24-22-20-18-16-17-19-21-23-25-28-30-34-38-42-46-50-58(67)64-55(54-73-63-62(71)61(70)60(69)57(53-65)74-63)56(66)49-45-41-37-33-14-12-10-8-6-4-2/h7,9,13-16,18-19,21,33,45,49,55-57,60-63,65-66,69-71H,3-6,8,10-12,17,20,22-32,34-44,46-48,50-54H2,1-2H3,(H,64,67)/b9-7-,15-13-,18-16-,21-19-,33-14+,49-45+. The van der Waals surface area contributed by atoms with E-state index in [1.54, 1.807) is 6.08 Å². The number of hydrogen-bond donors (Lipinski definition) is 6. The van der Waals surface area contributed by atoms with Crippen molar-refractivity contribution in [2.24, 2.45) is 0 Å². The smallest absolute Gasteiger partial charge is 0.305 e. The molecule has 0 saturated carbocycles. The molecule has 6 N–H and O–H groups in total. The minimum absolute atomic E-state index is 0.0217. The number of hydrogen-bond acceptors (Lipinski definition) is 10. The van der Waals surface area contributed by atoms with Gasteiger partial charge in [0.05, 0.1) is 32.0 Å². The molecule has 7 unspecified atom stereocenters. The second kappa shape index (κ2) is 52.2. The van der Waals surface area contributed by atoms with Gasteiger partial charge in [-0.2, -0.15) is 0 Å². The first-order chi connectivity index (χ1) is 36.2. The summed E-state index contributed by atoms with van der Waals surface area (Å²) in [4.78, 5) is 25.0. The second-order valence-corrected chi connectivity index (χ2v) is 20.7. The summed E-state index contributed by atoms with van der Waals surface area (Å²) in [6.45, 7) is 4.20. The Bertz CT molecular complexity index is 1460. The van der Waals surface area contributed by atoms with Crippen LogP contribution in [-0.4, -0.2) is 100 Å². The summed E-state index contributed by atoms with van der Waals surface area (Å²) < 4.78 is 16.6. The molecule has 0 radical (unpaired) electrons. The molecule has 0 aliphatic carbocycles. The topological polar surface area (TPSA) is 175 Å². The van der Waals surface area contributed by atoms with E-state index in [1.165, 1.54) is 122 Å². The Hall–Kier alpha value is -2.90. The van der Waals surface area contributed by atoms with Crippen molar-refractivity contribution in [3.05, 3.63) is 72.9 Å². The van der Waals surface area contributed by atoms with Crippen LogP contribution in [0.1, 0.15) is 251 Å². The fourth-order valence-corrected chi connectivity index (χ4v) is 8.93. The third-order valence-electron chi connectivity index (χ3n) is 13.7. The summed E-state index contributed by atoms with van der Waals surface area (Å²) >= 11 is 0. The predicted octanol–water partition coefficient (Wildman–Crippen LogP) is 14.0. The van der Waals surface area contributed by atoms with Crippen LogP contribution >= 0.6 is 0 Å². The van der Waals surface area contributed by atoms with E-state index in [2.05, 4.69) is 79.9 Å². The van der Waals surface area contributed by atoms with E-state index in [0.29, 0.717) is 19.4 Å². The monoisotopic (exact) mass is 1040 g/mol. The van der Waals surface area contributed by atoms with Gasteiger partial charge in [-0.25, -0.2) is 0 Å². The zero-order valence-electron chi connectivity index (χ0n) is 47.0. The molecule has 11 nitrogen and oxygen atoms in total. The van der Waals surface area contributed by atoms with Gasteiger partial charge in [-0.15, -0.1) is 0 Å². The van der Waals surface area contributed by atoms with E-state index in [4.69, 9.17) is 14.2 Å². The van der Waals surface area contributed by atoms with Gasteiger partial charge in [0.15, 0.2) is 6.29 Å². The number of rotatable bonds is 51. The molecule has 1 fully saturated rings. The van der Waals surface area contributed by atoms with E-state index in [9.17, 15) is 35.1 Å². The van der Waals surface area contributed by atoms with Gasteiger partial charge in [-0.05, 0) is 103 Å². The Morgan fingerprint density at radius 3 is 1.47 bits per heavy atom. The normalized spacial score (nSPS) is 19.4. The lowest BCUT2D eigenvalue weighted by Gasteiger charge is -2.40. The van der Waals surface area contributed by atoms with Crippen molar-refractivity contribution in [3.8, 4) is 0 Å². The van der Waals surface area contributed by atoms with Crippen molar-refractivity contribution >= 4 is 11.9 Å². The molecule has 7 atom stereocenters. The fourth-order valence-electron chi connectivity index (χ4n) is 8.93. The van der Waals surface area contributed by atoms with Gasteiger partial charge >= 0.3 is 5.97 Å². The van der Waals surface area contributed by atoms with Crippen LogP contribution in [0.5, 0.6) is 0 Å². The summed E-state index contributed by atoms with van der Waals surface area (Å²) in [5.74, 6) is -0.228. The number of amides is 1. The molecule has 0 aromatic carbocycles. The van der Waals surface area contributed by atoms with Crippen LogP contribution in [0.15, 0.2) is 72.9 Å². The molecule has 428 valence electrons. The lowest BCUT2D eigenvalue weighted by atomic mass is 9.99. The van der Waals surface area contributed by atoms with Gasteiger partial charge < -0.3 is 45.1 Å². The predicted molar refractivity (Wildman–Crippen MR) is 306 cm³/mol. The Morgan fingerprint density at radius 2 is 0.946 bits per heavy atom. The summed E-state index contributed by atoms with van der Waals surface area (Å²) in [6.07, 6.45) is 58.7. The van der Waals surface area contributed by atoms with Crippen molar-refractivity contribution in [2.75, 3.05) is 19.8 Å². The molecule has 0 bridgehead atoms. The number of allylic oxidation sites excluding steroid dienone is 11. The number of nitrogens with one attached hydrogen (secondary N) is 1. The van der Waals surface area contributed by atoms with Crippen molar-refractivity contribution in [1.29, 1.82) is 0 Å². The van der Waals surface area contributed by atoms with Gasteiger partial charge in [-0.1, -0.05) is 209 Å². The number of unbranched alkanes of at least 4 members (excludes halogenated alkanes) is 27. The van der Waals surface area contributed by atoms with Gasteiger partial charge in [-0.3, -0.25) is 9.59 Å². The molecule has 1 rings (SSSR count). The highest BCUT2D eigenvalue weighted by Gasteiger charge is 2.44. The lowest BCUT2D eigenvalue weighted by molar-refractivity contribution is -0.302. The second-order valence-electron chi connectivity index (χ2n) is 20.7.